The van der Waals surface area contributed by atoms with Crippen LogP contribution in [-0.2, 0) is 9.84 Å². The van der Waals surface area contributed by atoms with Gasteiger partial charge in [-0.15, -0.1) is 0 Å². The Kier molecular flexibility index (Phi) is 2.96. The first-order chi connectivity index (χ1) is 8.41. The second kappa shape index (κ2) is 4.30. The van der Waals surface area contributed by atoms with Crippen molar-refractivity contribution in [3.05, 3.63) is 48.3 Å². The topological polar surface area (TPSA) is 80.4 Å². The molecule has 2 aromatic rings. The molecule has 0 aliphatic rings. The molecule has 0 spiro atoms. The Morgan fingerprint density at radius 1 is 1.00 bits per heavy atom. The van der Waals surface area contributed by atoms with E-state index in [1.165, 1.54) is 12.1 Å². The molecule has 0 saturated heterocycles. The lowest BCUT2D eigenvalue weighted by Gasteiger charge is -2.06. The first-order valence-corrected chi connectivity index (χ1v) is 6.49. The maximum atomic E-state index is 12.7. The number of anilines is 1. The summed E-state index contributed by atoms with van der Waals surface area (Å²) in [5.74, 6) is -0.827. The predicted molar refractivity (Wildman–Crippen MR) is 64.4 cm³/mol. The number of hydrogen-bond acceptors (Lipinski definition) is 4. The summed E-state index contributed by atoms with van der Waals surface area (Å²) < 4.78 is 37.0. The largest absolute Gasteiger partial charge is 0.506 e. The zero-order chi connectivity index (χ0) is 13.3. The molecule has 94 valence electrons. The fraction of sp³-hybridized carbons (Fsp3) is 0. The highest BCUT2D eigenvalue weighted by Crippen LogP contribution is 2.27. The van der Waals surface area contributed by atoms with Crippen molar-refractivity contribution in [3.63, 3.8) is 0 Å². The molecule has 0 radical (unpaired) electrons. The Morgan fingerprint density at radius 2 is 1.56 bits per heavy atom. The third-order valence-corrected chi connectivity index (χ3v) is 4.20. The van der Waals surface area contributed by atoms with Gasteiger partial charge in [0.05, 0.1) is 15.5 Å². The molecule has 0 atom stereocenters. The van der Waals surface area contributed by atoms with Crippen LogP contribution in [0.25, 0.3) is 0 Å². The molecule has 3 N–H and O–H groups in total. The maximum Gasteiger partial charge on any atom is 0.206 e. The lowest BCUT2D eigenvalue weighted by atomic mass is 10.3. The molecule has 2 rings (SSSR count). The molecule has 0 saturated carbocycles. The SMILES string of the molecule is Nc1ccc(S(=O)(=O)c2ccc(F)cc2)cc1O. The Balaban J connectivity index is 2.54. The molecular formula is C12H10FNO3S. The first kappa shape index (κ1) is 12.4. The molecule has 0 bridgehead atoms. The number of aromatic hydroxyl groups is 1. The van der Waals surface area contributed by atoms with Crippen molar-refractivity contribution in [2.75, 3.05) is 5.73 Å². The molecular weight excluding hydrogens is 257 g/mol. The Morgan fingerprint density at radius 3 is 2.11 bits per heavy atom. The lowest BCUT2D eigenvalue weighted by molar-refractivity contribution is 0.476. The van der Waals surface area contributed by atoms with Gasteiger partial charge in [0, 0.05) is 6.07 Å². The molecule has 4 nitrogen and oxygen atoms in total. The number of nitrogens with two attached hydrogens (primary N) is 1. The van der Waals surface area contributed by atoms with E-state index in [0.717, 1.165) is 30.3 Å². The highest BCUT2D eigenvalue weighted by molar-refractivity contribution is 7.91. The number of phenols is 1. The number of rotatable bonds is 2. The highest BCUT2D eigenvalue weighted by Gasteiger charge is 2.18. The van der Waals surface area contributed by atoms with Crippen LogP contribution >= 0.6 is 0 Å². The van der Waals surface area contributed by atoms with Crippen molar-refractivity contribution in [2.24, 2.45) is 0 Å². The number of benzene rings is 2. The van der Waals surface area contributed by atoms with Crippen molar-refractivity contribution in [2.45, 2.75) is 9.79 Å². The van der Waals surface area contributed by atoms with Gasteiger partial charge in [-0.2, -0.15) is 0 Å². The third-order valence-electron chi connectivity index (χ3n) is 2.44. The van der Waals surface area contributed by atoms with Crippen molar-refractivity contribution < 1.29 is 17.9 Å². The van der Waals surface area contributed by atoms with Crippen LogP contribution < -0.4 is 5.73 Å². The van der Waals surface area contributed by atoms with E-state index in [0.29, 0.717) is 0 Å². The van der Waals surface area contributed by atoms with Gasteiger partial charge < -0.3 is 10.8 Å². The summed E-state index contributed by atoms with van der Waals surface area (Å²) >= 11 is 0. The molecule has 0 fully saturated rings. The number of sulfone groups is 1. The van der Waals surface area contributed by atoms with Crippen molar-refractivity contribution in [1.29, 1.82) is 0 Å². The second-order valence-corrected chi connectivity index (χ2v) is 5.63. The number of hydrogen-bond donors (Lipinski definition) is 2. The van der Waals surface area contributed by atoms with Gasteiger partial charge >= 0.3 is 0 Å². The van der Waals surface area contributed by atoms with Crippen LogP contribution in [0.5, 0.6) is 5.75 Å². The van der Waals surface area contributed by atoms with Gasteiger partial charge in [-0.3, -0.25) is 0 Å². The van der Waals surface area contributed by atoms with Gasteiger partial charge in [-0.05, 0) is 36.4 Å². The fourth-order valence-corrected chi connectivity index (χ4v) is 2.72. The van der Waals surface area contributed by atoms with Crippen LogP contribution in [0.3, 0.4) is 0 Å². The van der Waals surface area contributed by atoms with E-state index in [1.807, 2.05) is 0 Å². The normalized spacial score (nSPS) is 11.4. The molecule has 0 unspecified atom stereocenters. The molecule has 2 aromatic carbocycles. The minimum Gasteiger partial charge on any atom is -0.506 e. The van der Waals surface area contributed by atoms with Crippen LogP contribution in [0.4, 0.5) is 10.1 Å². The summed E-state index contributed by atoms with van der Waals surface area (Å²) in [5, 5.41) is 9.41. The van der Waals surface area contributed by atoms with Crippen LogP contribution in [-0.4, -0.2) is 13.5 Å². The summed E-state index contributed by atoms with van der Waals surface area (Å²) in [7, 11) is -3.78. The third kappa shape index (κ3) is 2.14. The van der Waals surface area contributed by atoms with Crippen LogP contribution in [0.2, 0.25) is 0 Å². The average molecular weight is 267 g/mol. The standard InChI is InChI=1S/C12H10FNO3S/c13-8-1-3-9(4-2-8)18(16,17)10-5-6-11(14)12(15)7-10/h1-7,15H,14H2. The van der Waals surface area contributed by atoms with Gasteiger partial charge in [0.15, 0.2) is 0 Å². The van der Waals surface area contributed by atoms with Crippen LogP contribution in [0, 0.1) is 5.82 Å². The van der Waals surface area contributed by atoms with E-state index in [9.17, 15) is 17.9 Å². The fourth-order valence-electron chi connectivity index (χ4n) is 1.44. The van der Waals surface area contributed by atoms with Gasteiger partial charge in [0.1, 0.15) is 11.6 Å². The monoisotopic (exact) mass is 267 g/mol. The Bertz CT molecular complexity index is 681. The van der Waals surface area contributed by atoms with Crippen molar-refractivity contribution >= 4 is 15.5 Å². The average Bonchev–Trinajstić information content (AvgIpc) is 2.33. The quantitative estimate of drug-likeness (QED) is 0.495. The number of halogens is 1. The predicted octanol–water partition coefficient (Wildman–Crippen LogP) is 1.95. The van der Waals surface area contributed by atoms with E-state index < -0.39 is 15.7 Å². The smallest absolute Gasteiger partial charge is 0.206 e. The Labute approximate surface area is 103 Å². The summed E-state index contributed by atoms with van der Waals surface area (Å²) in [6.45, 7) is 0. The van der Waals surface area contributed by atoms with Gasteiger partial charge in [0.2, 0.25) is 9.84 Å². The minimum absolute atomic E-state index is 0.0481. The molecule has 0 aromatic heterocycles. The Hall–Kier alpha value is -2.08. The zero-order valence-corrected chi connectivity index (χ0v) is 9.99. The van der Waals surface area contributed by atoms with Crippen LogP contribution in [0.15, 0.2) is 52.3 Å². The van der Waals surface area contributed by atoms with E-state index in [1.54, 1.807) is 0 Å². The maximum absolute atomic E-state index is 12.7. The van der Waals surface area contributed by atoms with Gasteiger partial charge in [-0.25, -0.2) is 12.8 Å². The van der Waals surface area contributed by atoms with E-state index >= 15 is 0 Å². The summed E-state index contributed by atoms with van der Waals surface area (Å²) in [6.07, 6.45) is 0. The molecule has 18 heavy (non-hydrogen) atoms. The summed E-state index contributed by atoms with van der Waals surface area (Å²) in [4.78, 5) is -0.145. The summed E-state index contributed by atoms with van der Waals surface area (Å²) in [6, 6.07) is 8.09. The first-order valence-electron chi connectivity index (χ1n) is 5.00. The van der Waals surface area contributed by atoms with E-state index in [2.05, 4.69) is 0 Å². The molecule has 0 aliphatic carbocycles. The number of phenolic OH excluding ortho intramolecular Hbond substituents is 1. The van der Waals surface area contributed by atoms with Crippen LogP contribution in [0.1, 0.15) is 0 Å². The molecule has 6 heteroatoms. The lowest BCUT2D eigenvalue weighted by Crippen LogP contribution is -2.02. The molecule has 0 aliphatic heterocycles. The van der Waals surface area contributed by atoms with E-state index in [-0.39, 0.29) is 21.2 Å². The molecule has 0 heterocycles. The molecule has 0 amide bonds. The highest BCUT2D eigenvalue weighted by atomic mass is 32.2. The zero-order valence-electron chi connectivity index (χ0n) is 9.17. The van der Waals surface area contributed by atoms with Gasteiger partial charge in [0.25, 0.3) is 0 Å². The summed E-state index contributed by atoms with van der Waals surface area (Å²) in [5.41, 5.74) is 5.49. The van der Waals surface area contributed by atoms with Gasteiger partial charge in [-0.1, -0.05) is 0 Å². The second-order valence-electron chi connectivity index (χ2n) is 3.68. The van der Waals surface area contributed by atoms with Crippen molar-refractivity contribution in [3.8, 4) is 5.75 Å². The number of nitrogen functional groups attached to an aromatic ring is 1. The van der Waals surface area contributed by atoms with Crippen molar-refractivity contribution in [1.82, 2.24) is 0 Å². The van der Waals surface area contributed by atoms with E-state index in [4.69, 9.17) is 5.73 Å². The minimum atomic E-state index is -3.78.